The number of aromatic amines is 1. The summed E-state index contributed by atoms with van der Waals surface area (Å²) in [4.78, 5) is 4.29. The first-order valence-corrected chi connectivity index (χ1v) is 4.90. The van der Waals surface area contributed by atoms with Crippen LogP contribution >= 0.6 is 0 Å². The maximum Gasteiger partial charge on any atom is 0.216 e. The smallest absolute Gasteiger partial charge is 0.216 e. The zero-order valence-electron chi connectivity index (χ0n) is 8.77. The molecule has 2 rings (SSSR count). The summed E-state index contributed by atoms with van der Waals surface area (Å²) in [6.45, 7) is 4.08. The van der Waals surface area contributed by atoms with Gasteiger partial charge in [-0.25, -0.2) is 4.98 Å². The zero-order chi connectivity index (χ0) is 10.8. The van der Waals surface area contributed by atoms with Crippen molar-refractivity contribution in [3.63, 3.8) is 0 Å². The van der Waals surface area contributed by atoms with E-state index >= 15 is 0 Å². The lowest BCUT2D eigenvalue weighted by Crippen LogP contribution is -2.18. The number of hydrogen-bond acceptors (Lipinski definition) is 4. The quantitative estimate of drug-likeness (QED) is 0.801. The van der Waals surface area contributed by atoms with Crippen molar-refractivity contribution in [3.8, 4) is 11.6 Å². The highest BCUT2D eigenvalue weighted by Gasteiger charge is 2.16. The van der Waals surface area contributed by atoms with Crippen molar-refractivity contribution in [2.24, 2.45) is 11.7 Å². The lowest BCUT2D eigenvalue weighted by molar-refractivity contribution is 0.491. The van der Waals surface area contributed by atoms with Crippen LogP contribution in [0.1, 0.15) is 25.7 Å². The van der Waals surface area contributed by atoms with Crippen molar-refractivity contribution >= 4 is 0 Å². The van der Waals surface area contributed by atoms with Crippen LogP contribution in [0.15, 0.2) is 22.8 Å². The molecular weight excluding hydrogens is 192 g/mol. The van der Waals surface area contributed by atoms with Gasteiger partial charge in [-0.3, -0.25) is 5.10 Å². The lowest BCUT2D eigenvalue weighted by Gasteiger charge is -2.10. The van der Waals surface area contributed by atoms with Crippen LogP contribution in [-0.2, 0) is 0 Å². The Morgan fingerprint density at radius 3 is 2.87 bits per heavy atom. The van der Waals surface area contributed by atoms with Crippen LogP contribution in [0.4, 0.5) is 0 Å². The van der Waals surface area contributed by atoms with E-state index < -0.39 is 0 Å². The third-order valence-electron chi connectivity index (χ3n) is 2.28. The minimum absolute atomic E-state index is 0.124. The molecule has 15 heavy (non-hydrogen) atoms. The summed E-state index contributed by atoms with van der Waals surface area (Å²) in [5, 5.41) is 6.88. The van der Waals surface area contributed by atoms with Crippen molar-refractivity contribution in [3.05, 3.63) is 24.2 Å². The Morgan fingerprint density at radius 2 is 2.27 bits per heavy atom. The summed E-state index contributed by atoms with van der Waals surface area (Å²) in [5.74, 6) is 2.21. The van der Waals surface area contributed by atoms with E-state index in [1.54, 1.807) is 12.3 Å². The highest BCUT2D eigenvalue weighted by atomic mass is 16.3. The Bertz CT molecular complexity index is 418. The maximum atomic E-state index is 5.94. The van der Waals surface area contributed by atoms with E-state index in [0.717, 1.165) is 0 Å². The minimum Gasteiger partial charge on any atom is -0.461 e. The average molecular weight is 206 g/mol. The second kappa shape index (κ2) is 3.86. The molecule has 0 spiro atoms. The van der Waals surface area contributed by atoms with E-state index in [9.17, 15) is 0 Å². The van der Waals surface area contributed by atoms with E-state index in [1.165, 1.54) is 0 Å². The highest BCUT2D eigenvalue weighted by molar-refractivity contribution is 5.45. The number of nitrogens with two attached hydrogens (primary N) is 1. The molecule has 1 unspecified atom stereocenters. The van der Waals surface area contributed by atoms with Gasteiger partial charge in [0.2, 0.25) is 5.82 Å². The van der Waals surface area contributed by atoms with Crippen LogP contribution in [0.25, 0.3) is 11.6 Å². The molecule has 0 aliphatic carbocycles. The van der Waals surface area contributed by atoms with Crippen LogP contribution in [0.2, 0.25) is 0 Å². The van der Waals surface area contributed by atoms with E-state index in [1.807, 2.05) is 19.9 Å². The molecule has 0 amide bonds. The third-order valence-corrected chi connectivity index (χ3v) is 2.28. The standard InChI is InChI=1S/C10H14N4O/c1-6(2)8(11)10-12-9(13-14-10)7-4-3-5-15-7/h3-6,8H,11H2,1-2H3,(H,12,13,14). The first-order valence-electron chi connectivity index (χ1n) is 4.90. The van der Waals surface area contributed by atoms with Gasteiger partial charge >= 0.3 is 0 Å². The SMILES string of the molecule is CC(C)C(N)c1nc(-c2ccco2)n[nH]1. The van der Waals surface area contributed by atoms with Gasteiger partial charge in [-0.1, -0.05) is 13.8 Å². The number of rotatable bonds is 3. The number of H-pyrrole nitrogens is 1. The topological polar surface area (TPSA) is 80.7 Å². The molecule has 5 nitrogen and oxygen atoms in total. The van der Waals surface area contributed by atoms with Gasteiger partial charge in [0.15, 0.2) is 5.76 Å². The predicted octanol–water partition coefficient (Wildman–Crippen LogP) is 1.72. The predicted molar refractivity (Wildman–Crippen MR) is 55.9 cm³/mol. The molecule has 80 valence electrons. The van der Waals surface area contributed by atoms with Crippen molar-refractivity contribution in [1.29, 1.82) is 0 Å². The monoisotopic (exact) mass is 206 g/mol. The number of furan rings is 1. The Balaban J connectivity index is 2.25. The fourth-order valence-electron chi connectivity index (χ4n) is 1.26. The second-order valence-electron chi connectivity index (χ2n) is 3.79. The molecule has 0 saturated carbocycles. The van der Waals surface area contributed by atoms with E-state index in [2.05, 4.69) is 15.2 Å². The van der Waals surface area contributed by atoms with Crippen LogP contribution in [0.3, 0.4) is 0 Å². The number of nitrogens with zero attached hydrogens (tertiary/aromatic N) is 2. The minimum atomic E-state index is -0.124. The molecule has 2 heterocycles. The summed E-state index contributed by atoms with van der Waals surface area (Å²) in [6.07, 6.45) is 1.59. The van der Waals surface area contributed by atoms with Gasteiger partial charge in [0.05, 0.1) is 12.3 Å². The molecule has 0 aliphatic rings. The van der Waals surface area contributed by atoms with E-state index in [0.29, 0.717) is 23.3 Å². The van der Waals surface area contributed by atoms with Crippen LogP contribution < -0.4 is 5.73 Å². The Hall–Kier alpha value is -1.62. The van der Waals surface area contributed by atoms with E-state index in [4.69, 9.17) is 10.2 Å². The maximum absolute atomic E-state index is 5.94. The molecule has 2 aromatic heterocycles. The van der Waals surface area contributed by atoms with Crippen LogP contribution in [0, 0.1) is 5.92 Å². The summed E-state index contributed by atoms with van der Waals surface area (Å²) >= 11 is 0. The normalized spacial score (nSPS) is 13.3. The first-order chi connectivity index (χ1) is 7.18. The Labute approximate surface area is 87.7 Å². The molecule has 1 atom stereocenters. The van der Waals surface area contributed by atoms with Gasteiger partial charge < -0.3 is 10.2 Å². The van der Waals surface area contributed by atoms with Crippen molar-refractivity contribution in [2.75, 3.05) is 0 Å². The molecule has 0 aliphatic heterocycles. The highest BCUT2D eigenvalue weighted by Crippen LogP contribution is 2.19. The van der Waals surface area contributed by atoms with Crippen LogP contribution in [0.5, 0.6) is 0 Å². The summed E-state index contributed by atoms with van der Waals surface area (Å²) in [6, 6.07) is 3.49. The van der Waals surface area contributed by atoms with Crippen LogP contribution in [-0.4, -0.2) is 15.2 Å². The molecule has 0 saturated heterocycles. The van der Waals surface area contributed by atoms with Gasteiger partial charge in [-0.05, 0) is 18.1 Å². The fourth-order valence-corrected chi connectivity index (χ4v) is 1.26. The van der Waals surface area contributed by atoms with Crippen molar-refractivity contribution in [2.45, 2.75) is 19.9 Å². The van der Waals surface area contributed by atoms with Gasteiger partial charge in [0, 0.05) is 0 Å². The molecule has 2 aromatic rings. The summed E-state index contributed by atoms with van der Waals surface area (Å²) in [7, 11) is 0. The molecule has 0 bridgehead atoms. The average Bonchev–Trinajstić information content (AvgIpc) is 2.86. The second-order valence-corrected chi connectivity index (χ2v) is 3.79. The number of nitrogens with one attached hydrogen (secondary N) is 1. The summed E-state index contributed by atoms with van der Waals surface area (Å²) in [5.41, 5.74) is 5.94. The van der Waals surface area contributed by atoms with Gasteiger partial charge in [-0.15, -0.1) is 5.10 Å². The lowest BCUT2D eigenvalue weighted by atomic mass is 10.1. The van der Waals surface area contributed by atoms with Gasteiger partial charge in [0.1, 0.15) is 5.82 Å². The molecule has 0 aromatic carbocycles. The number of aromatic nitrogens is 3. The summed E-state index contributed by atoms with van der Waals surface area (Å²) < 4.78 is 5.19. The Morgan fingerprint density at radius 1 is 1.47 bits per heavy atom. The van der Waals surface area contributed by atoms with E-state index in [-0.39, 0.29) is 6.04 Å². The molecule has 5 heteroatoms. The van der Waals surface area contributed by atoms with Crippen molar-refractivity contribution < 1.29 is 4.42 Å². The molecule has 0 radical (unpaired) electrons. The zero-order valence-corrected chi connectivity index (χ0v) is 8.77. The fraction of sp³-hybridized carbons (Fsp3) is 0.400. The number of hydrogen-bond donors (Lipinski definition) is 2. The molecular formula is C10H14N4O. The molecule has 0 fully saturated rings. The first kappa shape index (κ1) is 9.92. The molecule has 3 N–H and O–H groups in total. The van der Waals surface area contributed by atoms with Gasteiger partial charge in [-0.2, -0.15) is 0 Å². The Kier molecular flexibility index (Phi) is 2.55. The third kappa shape index (κ3) is 1.92. The largest absolute Gasteiger partial charge is 0.461 e. The van der Waals surface area contributed by atoms with Crippen molar-refractivity contribution in [1.82, 2.24) is 15.2 Å². The van der Waals surface area contributed by atoms with Gasteiger partial charge in [0.25, 0.3) is 0 Å².